The third-order valence-corrected chi connectivity index (χ3v) is 8.18. The van der Waals surface area contributed by atoms with Crippen LogP contribution in [0, 0.1) is 5.92 Å². The van der Waals surface area contributed by atoms with Gasteiger partial charge in [0.15, 0.2) is 5.82 Å². The highest BCUT2D eigenvalue weighted by Crippen LogP contribution is 2.57. The molecule has 0 radical (unpaired) electrons. The van der Waals surface area contributed by atoms with Crippen LogP contribution in [0.4, 0.5) is 21.0 Å². The van der Waals surface area contributed by atoms with Crippen molar-refractivity contribution in [3.8, 4) is 0 Å². The van der Waals surface area contributed by atoms with Crippen LogP contribution >= 0.6 is 0 Å². The number of hydrogen-bond donors (Lipinski definition) is 3. The van der Waals surface area contributed by atoms with Crippen molar-refractivity contribution in [2.75, 3.05) is 12.4 Å². The Balaban J connectivity index is 1.04. The van der Waals surface area contributed by atoms with Gasteiger partial charge in [-0.25, -0.2) is 19.2 Å². The standard InChI is InChI=1S/C25H30FN7O3/c1-35-12-16-11-33-22(27-16)7-18(14-2-3-14)28-23(33)29-21-6-19(31-32-21)15-4-17(26)20(5-15)36-24(34)30-25-8-13(9-25)10-25/h6-7,11,13-15,17,20H,2-5,8-10,12H2,1H3,(H,30,34)(H2,28,29,31,32)/t13?,15-,17+,20-,25?/m0/s1. The van der Waals surface area contributed by atoms with Crippen molar-refractivity contribution in [1.82, 2.24) is 29.9 Å². The number of ether oxygens (including phenoxy) is 2. The third-order valence-electron chi connectivity index (χ3n) is 8.18. The first-order chi connectivity index (χ1) is 17.5. The summed E-state index contributed by atoms with van der Waals surface area (Å²) in [5, 5.41) is 13.7. The zero-order chi connectivity index (χ0) is 24.4. The number of H-pyrrole nitrogens is 1. The number of rotatable bonds is 8. The van der Waals surface area contributed by atoms with Crippen LogP contribution in [0.15, 0.2) is 18.3 Å². The molecule has 0 aromatic carbocycles. The molecule has 3 heterocycles. The number of alkyl carbamates (subject to hydrolysis) is 1. The molecule has 3 atom stereocenters. The number of imidazole rings is 1. The number of amides is 1. The minimum absolute atomic E-state index is 0.0780. The molecule has 5 aliphatic carbocycles. The molecule has 11 heteroatoms. The van der Waals surface area contributed by atoms with E-state index in [1.54, 1.807) is 7.11 Å². The van der Waals surface area contributed by atoms with Crippen LogP contribution in [-0.4, -0.2) is 55.6 Å². The number of alkyl halides is 1. The molecule has 10 nitrogen and oxygen atoms in total. The normalized spacial score (nSPS) is 30.6. The fourth-order valence-corrected chi connectivity index (χ4v) is 6.01. The first kappa shape index (κ1) is 22.0. The zero-order valence-electron chi connectivity index (χ0n) is 20.2. The van der Waals surface area contributed by atoms with Crippen molar-refractivity contribution in [3.05, 3.63) is 35.4 Å². The predicted molar refractivity (Wildman–Crippen MR) is 128 cm³/mol. The summed E-state index contributed by atoms with van der Waals surface area (Å²) in [4.78, 5) is 21.8. The molecule has 3 aromatic heterocycles. The van der Waals surface area contributed by atoms with E-state index in [0.29, 0.717) is 30.7 Å². The molecule has 0 spiro atoms. The summed E-state index contributed by atoms with van der Waals surface area (Å²) in [6.45, 7) is 0.418. The van der Waals surface area contributed by atoms with Gasteiger partial charge in [-0.3, -0.25) is 9.50 Å². The van der Waals surface area contributed by atoms with Gasteiger partial charge in [-0.15, -0.1) is 0 Å². The second kappa shape index (κ2) is 8.16. The molecule has 3 aromatic rings. The Bertz CT molecular complexity index is 1300. The van der Waals surface area contributed by atoms with E-state index in [2.05, 4.69) is 25.8 Å². The second-order valence-corrected chi connectivity index (χ2v) is 11.0. The Morgan fingerprint density at radius 3 is 2.78 bits per heavy atom. The second-order valence-electron chi connectivity index (χ2n) is 11.0. The number of methoxy groups -OCH3 is 1. The summed E-state index contributed by atoms with van der Waals surface area (Å²) in [5.41, 5.74) is 3.38. The van der Waals surface area contributed by atoms with E-state index < -0.39 is 18.4 Å². The highest BCUT2D eigenvalue weighted by molar-refractivity contribution is 5.69. The van der Waals surface area contributed by atoms with Crippen molar-refractivity contribution in [3.63, 3.8) is 0 Å². The van der Waals surface area contributed by atoms with Gasteiger partial charge in [-0.1, -0.05) is 0 Å². The molecule has 5 saturated carbocycles. The van der Waals surface area contributed by atoms with Gasteiger partial charge in [-0.2, -0.15) is 5.10 Å². The van der Waals surface area contributed by atoms with Crippen molar-refractivity contribution in [2.45, 2.75) is 81.2 Å². The van der Waals surface area contributed by atoms with Crippen molar-refractivity contribution in [1.29, 1.82) is 0 Å². The molecular weight excluding hydrogens is 465 g/mol. The van der Waals surface area contributed by atoms with Gasteiger partial charge in [0.2, 0.25) is 5.95 Å². The van der Waals surface area contributed by atoms with E-state index >= 15 is 0 Å². The van der Waals surface area contributed by atoms with Crippen LogP contribution in [0.25, 0.3) is 5.65 Å². The van der Waals surface area contributed by atoms with Gasteiger partial charge < -0.3 is 20.1 Å². The van der Waals surface area contributed by atoms with Crippen LogP contribution in [0.2, 0.25) is 0 Å². The largest absolute Gasteiger partial charge is 0.443 e. The van der Waals surface area contributed by atoms with E-state index in [-0.39, 0.29) is 17.9 Å². The molecule has 8 rings (SSSR count). The Morgan fingerprint density at radius 1 is 1.22 bits per heavy atom. The van der Waals surface area contributed by atoms with Gasteiger partial charge >= 0.3 is 6.09 Å². The highest BCUT2D eigenvalue weighted by atomic mass is 19.1. The maximum Gasteiger partial charge on any atom is 0.407 e. The predicted octanol–water partition coefficient (Wildman–Crippen LogP) is 4.08. The SMILES string of the molecule is COCc1cn2c(Nc3cc([C@H]4C[C@@H](F)[C@@H](OC(=O)NC56CC(C5)C6)C4)[nH]n3)nc(C3CC3)cc2n1. The average Bonchev–Trinajstić information content (AvgIpc) is 3.23. The molecule has 0 unspecified atom stereocenters. The van der Waals surface area contributed by atoms with Gasteiger partial charge in [0, 0.05) is 48.5 Å². The van der Waals surface area contributed by atoms with Gasteiger partial charge in [0.05, 0.1) is 18.0 Å². The number of hydrogen-bond acceptors (Lipinski definition) is 7. The highest BCUT2D eigenvalue weighted by Gasteiger charge is 2.58. The lowest BCUT2D eigenvalue weighted by Gasteiger charge is -2.61. The lowest BCUT2D eigenvalue weighted by atomic mass is 9.50. The van der Waals surface area contributed by atoms with Gasteiger partial charge in [0.25, 0.3) is 0 Å². The maximum absolute atomic E-state index is 14.8. The summed E-state index contributed by atoms with van der Waals surface area (Å²) in [6.07, 6.45) is 5.52. The summed E-state index contributed by atoms with van der Waals surface area (Å²) in [5.74, 6) is 2.33. The summed E-state index contributed by atoms with van der Waals surface area (Å²) in [7, 11) is 1.64. The van der Waals surface area contributed by atoms with Gasteiger partial charge in [0.1, 0.15) is 17.9 Å². The minimum atomic E-state index is -1.20. The van der Waals surface area contributed by atoms with Gasteiger partial charge in [-0.05, 0) is 50.9 Å². The van der Waals surface area contributed by atoms with Crippen molar-refractivity contribution >= 4 is 23.5 Å². The topological polar surface area (TPSA) is 118 Å². The number of aromatic nitrogens is 5. The molecule has 3 N–H and O–H groups in total. The Morgan fingerprint density at radius 2 is 2.06 bits per heavy atom. The van der Waals surface area contributed by atoms with Crippen LogP contribution < -0.4 is 10.6 Å². The van der Waals surface area contributed by atoms with E-state index in [1.165, 1.54) is 0 Å². The fourth-order valence-electron chi connectivity index (χ4n) is 6.01. The molecular formula is C25H30FN7O3. The number of anilines is 2. The number of aromatic amines is 1. The molecule has 190 valence electrons. The van der Waals surface area contributed by atoms with E-state index in [1.807, 2.05) is 22.7 Å². The Labute approximate surface area is 207 Å². The molecule has 1 amide bonds. The molecule has 36 heavy (non-hydrogen) atoms. The molecule has 5 aliphatic rings. The lowest BCUT2D eigenvalue weighted by molar-refractivity contribution is -0.0530. The molecule has 0 aliphatic heterocycles. The van der Waals surface area contributed by atoms with E-state index in [0.717, 1.165) is 60.8 Å². The number of carbonyl (C=O) groups excluding carboxylic acids is 1. The quantitative estimate of drug-likeness (QED) is 0.431. The third kappa shape index (κ3) is 3.89. The Kier molecular flexibility index (Phi) is 4.99. The smallest absolute Gasteiger partial charge is 0.407 e. The lowest BCUT2D eigenvalue weighted by Crippen LogP contribution is -2.68. The van der Waals surface area contributed by atoms with Crippen LogP contribution in [-0.2, 0) is 16.1 Å². The summed E-state index contributed by atoms with van der Waals surface area (Å²) < 4.78 is 27.4. The zero-order valence-corrected chi connectivity index (χ0v) is 20.2. The van der Waals surface area contributed by atoms with E-state index in [9.17, 15) is 9.18 Å². The fraction of sp³-hybridized carbons (Fsp3) is 0.600. The number of nitrogens with zero attached hydrogens (tertiary/aromatic N) is 4. The molecule has 2 bridgehead atoms. The average molecular weight is 496 g/mol. The first-order valence-electron chi connectivity index (χ1n) is 12.8. The first-order valence-corrected chi connectivity index (χ1v) is 12.8. The van der Waals surface area contributed by atoms with Crippen molar-refractivity contribution in [2.24, 2.45) is 5.92 Å². The number of halogens is 1. The molecule has 0 saturated heterocycles. The van der Waals surface area contributed by atoms with Crippen molar-refractivity contribution < 1.29 is 18.7 Å². The monoisotopic (exact) mass is 495 g/mol. The van der Waals surface area contributed by atoms with Crippen LogP contribution in [0.1, 0.15) is 73.9 Å². The number of fused-ring (bicyclic) bond motifs is 1. The Hall–Kier alpha value is -3.21. The molecule has 5 fully saturated rings. The van der Waals surface area contributed by atoms with E-state index in [4.69, 9.17) is 14.5 Å². The summed E-state index contributed by atoms with van der Waals surface area (Å²) >= 11 is 0. The minimum Gasteiger partial charge on any atom is -0.443 e. The summed E-state index contributed by atoms with van der Waals surface area (Å²) in [6, 6.07) is 3.91. The maximum atomic E-state index is 14.8. The number of nitrogens with one attached hydrogen (secondary N) is 3. The van der Waals surface area contributed by atoms with Crippen LogP contribution in [0.5, 0.6) is 0 Å². The van der Waals surface area contributed by atoms with Crippen LogP contribution in [0.3, 0.4) is 0 Å². The number of carbonyl (C=O) groups is 1.